The first-order valence-corrected chi connectivity index (χ1v) is 6.14. The van der Waals surface area contributed by atoms with Crippen LogP contribution in [0.15, 0.2) is 0 Å². The van der Waals surface area contributed by atoms with E-state index in [4.69, 9.17) is 10.4 Å². The molecule has 1 fully saturated rings. The fourth-order valence-electron chi connectivity index (χ4n) is 1.74. The molecule has 1 atom stereocenters. The maximum atomic E-state index is 12.0. The van der Waals surface area contributed by atoms with E-state index in [1.165, 1.54) is 0 Å². The zero-order valence-corrected chi connectivity index (χ0v) is 10.7. The highest BCUT2D eigenvalue weighted by Crippen LogP contribution is 2.27. The summed E-state index contributed by atoms with van der Waals surface area (Å²) in [5.41, 5.74) is 0. The summed E-state index contributed by atoms with van der Waals surface area (Å²) in [4.78, 5) is 24.6. The summed E-state index contributed by atoms with van der Waals surface area (Å²) in [5, 5.41) is 20.1. The maximum absolute atomic E-state index is 12.0. The molecule has 0 aromatic carbocycles. The second-order valence-electron chi connectivity index (χ2n) is 4.84. The van der Waals surface area contributed by atoms with Crippen LogP contribution in [0.3, 0.4) is 0 Å². The minimum absolute atomic E-state index is 0.167. The molecule has 2 N–H and O–H groups in total. The number of amides is 2. The normalized spacial score (nSPS) is 15.9. The quantitative estimate of drug-likeness (QED) is 0.743. The Morgan fingerprint density at radius 3 is 2.50 bits per heavy atom. The molecule has 0 heterocycles. The van der Waals surface area contributed by atoms with Gasteiger partial charge < -0.3 is 15.3 Å². The molecule has 6 heteroatoms. The van der Waals surface area contributed by atoms with E-state index in [0.29, 0.717) is 6.54 Å². The lowest BCUT2D eigenvalue weighted by atomic mass is 10.1. The molecule has 0 aromatic heterocycles. The standard InChI is InChI=1S/C12H19N3O3/c1-8(2)10(11(16)17)14-12(18)15(7-3-6-13)9-4-5-9/h8-10H,3-5,7H2,1-2H3,(H,14,18)(H,16,17)/t10-/m1/s1. The molecule has 2 amide bonds. The fourth-order valence-corrected chi connectivity index (χ4v) is 1.74. The van der Waals surface area contributed by atoms with E-state index in [2.05, 4.69) is 5.32 Å². The SMILES string of the molecule is CC(C)[C@@H](NC(=O)N(CCC#N)C1CC1)C(=O)O. The Labute approximate surface area is 107 Å². The van der Waals surface area contributed by atoms with Crippen molar-refractivity contribution in [2.75, 3.05) is 6.54 Å². The van der Waals surface area contributed by atoms with Gasteiger partial charge in [0.05, 0.1) is 12.5 Å². The van der Waals surface area contributed by atoms with Crippen molar-refractivity contribution >= 4 is 12.0 Å². The van der Waals surface area contributed by atoms with Gasteiger partial charge in [-0.05, 0) is 18.8 Å². The number of carbonyl (C=O) groups is 2. The summed E-state index contributed by atoms with van der Waals surface area (Å²) in [5.74, 6) is -1.21. The highest BCUT2D eigenvalue weighted by molar-refractivity contribution is 5.83. The number of carboxylic acid groups (broad SMARTS) is 1. The number of carbonyl (C=O) groups excluding carboxylic acids is 1. The highest BCUT2D eigenvalue weighted by atomic mass is 16.4. The molecule has 1 aliphatic rings. The van der Waals surface area contributed by atoms with Gasteiger partial charge in [0.2, 0.25) is 0 Å². The Hall–Kier alpha value is -1.77. The smallest absolute Gasteiger partial charge is 0.326 e. The molecular formula is C12H19N3O3. The van der Waals surface area contributed by atoms with Crippen molar-refractivity contribution in [3.63, 3.8) is 0 Å². The van der Waals surface area contributed by atoms with Gasteiger partial charge in [0.25, 0.3) is 0 Å². The molecule has 0 unspecified atom stereocenters. The molecule has 0 aromatic rings. The van der Waals surface area contributed by atoms with E-state index in [1.807, 2.05) is 6.07 Å². The van der Waals surface area contributed by atoms with Crippen molar-refractivity contribution in [2.24, 2.45) is 5.92 Å². The van der Waals surface area contributed by atoms with Gasteiger partial charge in [0.1, 0.15) is 6.04 Å². The molecule has 0 radical (unpaired) electrons. The predicted molar refractivity (Wildman–Crippen MR) is 64.8 cm³/mol. The first-order valence-electron chi connectivity index (χ1n) is 6.14. The lowest BCUT2D eigenvalue weighted by Crippen LogP contribution is -2.51. The zero-order chi connectivity index (χ0) is 13.7. The molecule has 1 saturated carbocycles. The monoisotopic (exact) mass is 253 g/mol. The number of nitriles is 1. The largest absolute Gasteiger partial charge is 0.480 e. The van der Waals surface area contributed by atoms with Crippen molar-refractivity contribution in [3.8, 4) is 6.07 Å². The van der Waals surface area contributed by atoms with Crippen molar-refractivity contribution in [3.05, 3.63) is 0 Å². The summed E-state index contributed by atoms with van der Waals surface area (Å²) in [7, 11) is 0. The Morgan fingerprint density at radius 1 is 1.50 bits per heavy atom. The molecule has 18 heavy (non-hydrogen) atoms. The van der Waals surface area contributed by atoms with Gasteiger partial charge in [0, 0.05) is 12.6 Å². The minimum atomic E-state index is -1.03. The summed E-state index contributed by atoms with van der Waals surface area (Å²) in [6.45, 7) is 3.85. The van der Waals surface area contributed by atoms with Crippen LogP contribution in [0, 0.1) is 17.2 Å². The molecule has 100 valence electrons. The number of hydrogen-bond acceptors (Lipinski definition) is 3. The lowest BCUT2D eigenvalue weighted by molar-refractivity contribution is -0.140. The summed E-state index contributed by atoms with van der Waals surface area (Å²) in [6, 6.07) is 0.894. The van der Waals surface area contributed by atoms with Crippen LogP contribution in [0.5, 0.6) is 0 Å². The number of rotatable bonds is 6. The van der Waals surface area contributed by atoms with E-state index in [1.54, 1.807) is 18.7 Å². The number of carboxylic acids is 1. The van der Waals surface area contributed by atoms with Gasteiger partial charge >= 0.3 is 12.0 Å². The van der Waals surface area contributed by atoms with Crippen LogP contribution in [-0.4, -0.2) is 40.6 Å². The van der Waals surface area contributed by atoms with Crippen LogP contribution in [-0.2, 0) is 4.79 Å². The molecule has 1 rings (SSSR count). The van der Waals surface area contributed by atoms with Crippen LogP contribution in [0.4, 0.5) is 4.79 Å². The average Bonchev–Trinajstić information content (AvgIpc) is 3.09. The first-order chi connectivity index (χ1) is 8.47. The molecule has 0 spiro atoms. The molecule has 1 aliphatic carbocycles. The zero-order valence-electron chi connectivity index (χ0n) is 10.7. The van der Waals surface area contributed by atoms with Crippen LogP contribution in [0.25, 0.3) is 0 Å². The van der Waals surface area contributed by atoms with Gasteiger partial charge in [-0.15, -0.1) is 0 Å². The Balaban J connectivity index is 2.60. The molecule has 6 nitrogen and oxygen atoms in total. The second-order valence-corrected chi connectivity index (χ2v) is 4.84. The third-order valence-corrected chi connectivity index (χ3v) is 2.92. The minimum Gasteiger partial charge on any atom is -0.480 e. The number of urea groups is 1. The summed E-state index contributed by atoms with van der Waals surface area (Å²) >= 11 is 0. The van der Waals surface area contributed by atoms with Crippen molar-refractivity contribution in [2.45, 2.75) is 45.2 Å². The third kappa shape index (κ3) is 3.91. The molecule has 0 aliphatic heterocycles. The third-order valence-electron chi connectivity index (χ3n) is 2.92. The number of nitrogens with one attached hydrogen (secondary N) is 1. The second kappa shape index (κ2) is 6.24. The van der Waals surface area contributed by atoms with Crippen molar-refractivity contribution in [1.82, 2.24) is 10.2 Å². The maximum Gasteiger partial charge on any atom is 0.326 e. The van der Waals surface area contributed by atoms with E-state index in [9.17, 15) is 9.59 Å². The Morgan fingerprint density at radius 2 is 2.11 bits per heavy atom. The van der Waals surface area contributed by atoms with E-state index < -0.39 is 12.0 Å². The van der Waals surface area contributed by atoms with E-state index in [-0.39, 0.29) is 24.4 Å². The summed E-state index contributed by atoms with van der Waals surface area (Å²) in [6.07, 6.45) is 2.12. The number of hydrogen-bond donors (Lipinski definition) is 2. The first kappa shape index (κ1) is 14.3. The Bertz CT molecular complexity index is 358. The van der Waals surface area contributed by atoms with Crippen molar-refractivity contribution in [1.29, 1.82) is 5.26 Å². The lowest BCUT2D eigenvalue weighted by Gasteiger charge is -2.25. The van der Waals surface area contributed by atoms with Crippen LogP contribution in [0.2, 0.25) is 0 Å². The predicted octanol–water partition coefficient (Wildman–Crippen LogP) is 1.18. The van der Waals surface area contributed by atoms with Gasteiger partial charge in [-0.1, -0.05) is 13.8 Å². The molecule has 0 bridgehead atoms. The fraction of sp³-hybridized carbons (Fsp3) is 0.750. The van der Waals surface area contributed by atoms with E-state index >= 15 is 0 Å². The topological polar surface area (TPSA) is 93.4 Å². The van der Waals surface area contributed by atoms with Crippen LogP contribution >= 0.6 is 0 Å². The molecular weight excluding hydrogens is 234 g/mol. The van der Waals surface area contributed by atoms with Crippen LogP contribution < -0.4 is 5.32 Å². The van der Waals surface area contributed by atoms with Crippen LogP contribution in [0.1, 0.15) is 33.1 Å². The Kier molecular flexibility index (Phi) is 4.95. The van der Waals surface area contributed by atoms with E-state index in [0.717, 1.165) is 12.8 Å². The van der Waals surface area contributed by atoms with Gasteiger partial charge in [-0.2, -0.15) is 5.26 Å². The highest BCUT2D eigenvalue weighted by Gasteiger charge is 2.34. The summed E-state index contributed by atoms with van der Waals surface area (Å²) < 4.78 is 0. The average molecular weight is 253 g/mol. The number of aliphatic carboxylic acids is 1. The van der Waals surface area contributed by atoms with Gasteiger partial charge in [0.15, 0.2) is 0 Å². The van der Waals surface area contributed by atoms with Gasteiger partial charge in [-0.25, -0.2) is 9.59 Å². The van der Waals surface area contributed by atoms with Crippen molar-refractivity contribution < 1.29 is 14.7 Å². The number of nitrogens with zero attached hydrogens (tertiary/aromatic N) is 2. The molecule has 0 saturated heterocycles. The van der Waals surface area contributed by atoms with Gasteiger partial charge in [-0.3, -0.25) is 0 Å².